The van der Waals surface area contributed by atoms with Gasteiger partial charge in [-0.25, -0.2) is 4.89 Å². The van der Waals surface area contributed by atoms with Gasteiger partial charge >= 0.3 is 80.9 Å². The summed E-state index contributed by atoms with van der Waals surface area (Å²) in [6.07, 6.45) is -3.45. The van der Waals surface area contributed by atoms with Gasteiger partial charge in [0.05, 0.1) is 12.7 Å². The summed E-state index contributed by atoms with van der Waals surface area (Å²) in [5.41, 5.74) is 0. The summed E-state index contributed by atoms with van der Waals surface area (Å²) in [5, 5.41) is 34.0. The molecule has 3 unspecified atom stereocenters. The second-order valence-corrected chi connectivity index (χ2v) is 2.06. The average molecular weight is 216 g/mol. The Morgan fingerprint density at radius 3 is 1.83 bits per heavy atom. The van der Waals surface area contributed by atoms with Crippen LogP contribution in [0.15, 0.2) is 0 Å². The summed E-state index contributed by atoms with van der Waals surface area (Å²) in [6.45, 7) is 0.787. The van der Waals surface area contributed by atoms with Crippen molar-refractivity contribution in [2.24, 2.45) is 0 Å². The fourth-order valence-electron chi connectivity index (χ4n) is 0.514. The van der Waals surface area contributed by atoms with Gasteiger partial charge in [-0.2, -0.15) is 0 Å². The molecule has 0 aliphatic carbocycles. The van der Waals surface area contributed by atoms with E-state index in [1.54, 1.807) is 0 Å². The number of hydrogen-bond acceptors (Lipinski definition) is 5. The van der Waals surface area contributed by atoms with Crippen LogP contribution in [0.2, 0.25) is 0 Å². The molecule has 0 saturated heterocycles. The van der Waals surface area contributed by atoms with E-state index in [-0.39, 0.29) is 80.9 Å². The molecule has 0 bridgehead atoms. The van der Waals surface area contributed by atoms with Crippen LogP contribution in [0.25, 0.3) is 0 Å². The molecule has 5 nitrogen and oxygen atoms in total. The van der Waals surface area contributed by atoms with E-state index < -0.39 is 24.9 Å². The first kappa shape index (κ1) is 19.9. The zero-order valence-electron chi connectivity index (χ0n) is 5.64. The Morgan fingerprint density at radius 2 is 1.75 bits per heavy atom. The van der Waals surface area contributed by atoms with Gasteiger partial charge in [0, 0.05) is 0 Å². The Balaban J connectivity index is -0.000000405. The molecule has 0 saturated carbocycles. The number of hydrogen-bond donors (Lipinski definition) is 4. The third-order valence-corrected chi connectivity index (χ3v) is 1.19. The molecule has 0 fully saturated rings. The molecule has 0 rings (SSSR count). The minimum absolute atomic E-state index is 0. The zero-order valence-corrected chi connectivity index (χ0v) is 5.64. The molecular weight excluding hydrogens is 202 g/mol. The van der Waals surface area contributed by atoms with Gasteiger partial charge in [-0.3, -0.25) is 5.26 Å². The van der Waals surface area contributed by atoms with Gasteiger partial charge in [0.1, 0.15) is 12.2 Å². The van der Waals surface area contributed by atoms with Crippen molar-refractivity contribution in [2.75, 3.05) is 6.61 Å². The fraction of sp³-hybridized carbons (Fsp3) is 1.00. The normalized spacial score (nSPS) is 16.8. The topological polar surface area (TPSA) is 90.2 Å². The van der Waals surface area contributed by atoms with Crippen LogP contribution in [-0.4, -0.2) is 126 Å². The summed E-state index contributed by atoms with van der Waals surface area (Å²) in [6, 6.07) is 0. The predicted molar refractivity (Wildman–Crippen MR) is 46.6 cm³/mol. The first-order valence-electron chi connectivity index (χ1n) is 2.90. The van der Waals surface area contributed by atoms with E-state index in [9.17, 15) is 0 Å². The van der Waals surface area contributed by atoms with Crippen LogP contribution in [0.5, 0.6) is 0 Å². The van der Waals surface area contributed by atoms with E-state index in [1.165, 1.54) is 6.92 Å². The monoisotopic (exact) mass is 216 g/mol. The molecule has 12 heavy (non-hydrogen) atoms. The molecule has 0 aromatic rings. The van der Waals surface area contributed by atoms with Crippen LogP contribution in [0.4, 0.5) is 0 Å². The van der Waals surface area contributed by atoms with Crippen molar-refractivity contribution in [2.45, 2.75) is 25.2 Å². The maximum atomic E-state index is 8.89. The standard InChI is InChI=1S/C5H12O5.K.Na.2H/c1-3(7)5(8)4(2-6)10-9;;;;/h3-9H,2H2,1H3;;;;. The molecule has 0 aliphatic rings. The van der Waals surface area contributed by atoms with Crippen LogP contribution >= 0.6 is 0 Å². The van der Waals surface area contributed by atoms with Crippen LogP contribution in [0.1, 0.15) is 6.92 Å². The summed E-state index contributed by atoms with van der Waals surface area (Å²) >= 11 is 0. The average Bonchev–Trinajstić information content (AvgIpc) is 1.90. The molecule has 3 atom stereocenters. The van der Waals surface area contributed by atoms with Crippen molar-refractivity contribution >= 4 is 80.9 Å². The Morgan fingerprint density at radius 1 is 1.33 bits per heavy atom. The quantitative estimate of drug-likeness (QED) is 0.233. The van der Waals surface area contributed by atoms with Crippen molar-refractivity contribution in [1.29, 1.82) is 0 Å². The van der Waals surface area contributed by atoms with Gasteiger partial charge in [0.2, 0.25) is 0 Å². The molecule has 0 aromatic heterocycles. The number of rotatable bonds is 4. The zero-order chi connectivity index (χ0) is 8.15. The van der Waals surface area contributed by atoms with Gasteiger partial charge in [-0.15, -0.1) is 0 Å². The van der Waals surface area contributed by atoms with E-state index in [1.807, 2.05) is 0 Å². The molecular formula is C5H14KNaO5. The van der Waals surface area contributed by atoms with E-state index in [0.717, 1.165) is 0 Å². The van der Waals surface area contributed by atoms with Gasteiger partial charge in [-0.1, -0.05) is 0 Å². The molecule has 0 spiro atoms. The van der Waals surface area contributed by atoms with Crippen molar-refractivity contribution in [1.82, 2.24) is 0 Å². The van der Waals surface area contributed by atoms with Crippen LogP contribution in [0, 0.1) is 0 Å². The van der Waals surface area contributed by atoms with Crippen LogP contribution in [0.3, 0.4) is 0 Å². The molecule has 66 valence electrons. The van der Waals surface area contributed by atoms with Crippen molar-refractivity contribution in [3.63, 3.8) is 0 Å². The van der Waals surface area contributed by atoms with Crippen molar-refractivity contribution in [3.8, 4) is 0 Å². The Labute approximate surface area is 136 Å². The summed E-state index contributed by atoms with van der Waals surface area (Å²) in [7, 11) is 0. The van der Waals surface area contributed by atoms with E-state index in [4.69, 9.17) is 20.6 Å². The molecule has 0 heterocycles. The first-order chi connectivity index (χ1) is 4.63. The van der Waals surface area contributed by atoms with Crippen LogP contribution < -0.4 is 0 Å². The Bertz CT molecular complexity index is 89.9. The molecule has 0 amide bonds. The Kier molecular flexibility index (Phi) is 19.1. The molecule has 7 heteroatoms. The van der Waals surface area contributed by atoms with Gasteiger partial charge in [0.15, 0.2) is 0 Å². The number of aliphatic hydroxyl groups excluding tert-OH is 3. The van der Waals surface area contributed by atoms with Crippen molar-refractivity contribution in [3.05, 3.63) is 0 Å². The maximum absolute atomic E-state index is 8.89. The molecule has 0 radical (unpaired) electrons. The third kappa shape index (κ3) is 7.80. The van der Waals surface area contributed by atoms with Gasteiger partial charge in [0.25, 0.3) is 0 Å². The van der Waals surface area contributed by atoms with E-state index in [0.29, 0.717) is 0 Å². The van der Waals surface area contributed by atoms with Crippen molar-refractivity contribution < 1.29 is 25.5 Å². The number of aliphatic hydroxyl groups is 3. The van der Waals surface area contributed by atoms with Crippen LogP contribution in [-0.2, 0) is 4.89 Å². The molecule has 0 aliphatic heterocycles. The summed E-state index contributed by atoms with van der Waals surface area (Å²) < 4.78 is 0. The van der Waals surface area contributed by atoms with Gasteiger partial charge in [-0.05, 0) is 6.92 Å². The molecule has 4 N–H and O–H groups in total. The second-order valence-electron chi connectivity index (χ2n) is 2.06. The first-order valence-corrected chi connectivity index (χ1v) is 2.90. The molecule has 0 aromatic carbocycles. The van der Waals surface area contributed by atoms with E-state index in [2.05, 4.69) is 4.89 Å². The van der Waals surface area contributed by atoms with Gasteiger partial charge < -0.3 is 15.3 Å². The fourth-order valence-corrected chi connectivity index (χ4v) is 0.514. The third-order valence-electron chi connectivity index (χ3n) is 1.19. The minimum atomic E-state index is -1.27. The summed E-state index contributed by atoms with van der Waals surface area (Å²) in [5.74, 6) is 0. The Hall–Kier alpha value is 2.44. The SMILES string of the molecule is CC(O)C(O)C(CO)OO.[KH].[NaH]. The van der Waals surface area contributed by atoms with E-state index >= 15 is 0 Å². The second kappa shape index (κ2) is 11.5. The predicted octanol–water partition coefficient (Wildman–Crippen LogP) is -2.72. The summed E-state index contributed by atoms with van der Waals surface area (Å²) in [4.78, 5) is 3.66.